The third-order valence-electron chi connectivity index (χ3n) is 4.05. The Bertz CT molecular complexity index is 218. The summed E-state index contributed by atoms with van der Waals surface area (Å²) in [5.74, 6) is 0. The van der Waals surface area contributed by atoms with Crippen molar-refractivity contribution >= 4 is 0 Å². The van der Waals surface area contributed by atoms with Gasteiger partial charge in [0.05, 0.1) is 25.2 Å². The summed E-state index contributed by atoms with van der Waals surface area (Å²) in [4.78, 5) is 4.81. The van der Waals surface area contributed by atoms with E-state index < -0.39 is 0 Å². The lowest BCUT2D eigenvalue weighted by Gasteiger charge is -2.45. The molecule has 4 heteroatoms. The van der Waals surface area contributed by atoms with Crippen LogP contribution in [-0.2, 0) is 4.74 Å². The van der Waals surface area contributed by atoms with E-state index in [-0.39, 0.29) is 12.0 Å². The standard InChI is InChI=1S/C12H24N2O2/c1-13-5-3-11(4-6-13)14(2)7-12(8-15)9-16-10-12/h11,15H,3-10H2,1-2H3. The van der Waals surface area contributed by atoms with Gasteiger partial charge in [0.25, 0.3) is 0 Å². The number of hydrogen-bond donors (Lipinski definition) is 1. The number of likely N-dealkylation sites (tertiary alicyclic amines) is 1. The van der Waals surface area contributed by atoms with Crippen molar-refractivity contribution in [3.05, 3.63) is 0 Å². The van der Waals surface area contributed by atoms with E-state index >= 15 is 0 Å². The maximum Gasteiger partial charge on any atom is 0.0579 e. The number of aliphatic hydroxyl groups is 1. The summed E-state index contributed by atoms with van der Waals surface area (Å²) in [6, 6.07) is 0.681. The quantitative estimate of drug-likeness (QED) is 0.736. The van der Waals surface area contributed by atoms with Crippen LogP contribution in [0.4, 0.5) is 0 Å². The molecule has 0 amide bonds. The van der Waals surface area contributed by atoms with Crippen LogP contribution in [0, 0.1) is 5.41 Å². The van der Waals surface area contributed by atoms with E-state index in [0.717, 1.165) is 19.8 Å². The number of rotatable bonds is 4. The van der Waals surface area contributed by atoms with Crippen molar-refractivity contribution in [2.75, 3.05) is 53.6 Å². The number of nitrogens with zero attached hydrogens (tertiary/aromatic N) is 2. The van der Waals surface area contributed by atoms with Crippen LogP contribution in [0.5, 0.6) is 0 Å². The van der Waals surface area contributed by atoms with E-state index in [2.05, 4.69) is 23.9 Å². The highest BCUT2D eigenvalue weighted by molar-refractivity contribution is 4.89. The molecule has 0 aromatic rings. The van der Waals surface area contributed by atoms with Crippen LogP contribution in [0.15, 0.2) is 0 Å². The van der Waals surface area contributed by atoms with Crippen LogP contribution in [0.1, 0.15) is 12.8 Å². The zero-order valence-electron chi connectivity index (χ0n) is 10.5. The first-order valence-corrected chi connectivity index (χ1v) is 6.23. The molecule has 2 saturated heterocycles. The predicted octanol–water partition coefficient (Wildman–Crippen LogP) is 0.0213. The van der Waals surface area contributed by atoms with Crippen LogP contribution >= 0.6 is 0 Å². The molecule has 0 aromatic carbocycles. The first-order chi connectivity index (χ1) is 7.65. The van der Waals surface area contributed by atoms with Crippen LogP contribution in [-0.4, -0.2) is 74.5 Å². The van der Waals surface area contributed by atoms with Gasteiger partial charge in [-0.3, -0.25) is 0 Å². The molecule has 0 atom stereocenters. The zero-order chi connectivity index (χ0) is 11.6. The van der Waals surface area contributed by atoms with Gasteiger partial charge in [-0.1, -0.05) is 0 Å². The van der Waals surface area contributed by atoms with Crippen molar-refractivity contribution < 1.29 is 9.84 Å². The summed E-state index contributed by atoms with van der Waals surface area (Å²) in [5, 5.41) is 9.41. The van der Waals surface area contributed by atoms with E-state index in [4.69, 9.17) is 4.74 Å². The predicted molar refractivity (Wildman–Crippen MR) is 63.5 cm³/mol. The fraction of sp³-hybridized carbons (Fsp3) is 1.00. The molecule has 94 valence electrons. The van der Waals surface area contributed by atoms with Gasteiger partial charge in [-0.2, -0.15) is 0 Å². The van der Waals surface area contributed by atoms with E-state index in [1.165, 1.54) is 25.9 Å². The molecule has 0 spiro atoms. The SMILES string of the molecule is CN1CCC(N(C)CC2(CO)COC2)CC1. The molecule has 0 aromatic heterocycles. The summed E-state index contributed by atoms with van der Waals surface area (Å²) in [5.41, 5.74) is 0.0259. The average molecular weight is 228 g/mol. The summed E-state index contributed by atoms with van der Waals surface area (Å²) in [6.45, 7) is 5.05. The molecule has 0 bridgehead atoms. The molecule has 2 aliphatic rings. The minimum Gasteiger partial charge on any atom is -0.396 e. The lowest BCUT2D eigenvalue weighted by atomic mass is 9.85. The van der Waals surface area contributed by atoms with Gasteiger partial charge >= 0.3 is 0 Å². The lowest BCUT2D eigenvalue weighted by Crippen LogP contribution is -2.55. The van der Waals surface area contributed by atoms with Crippen LogP contribution in [0.25, 0.3) is 0 Å². The monoisotopic (exact) mass is 228 g/mol. The van der Waals surface area contributed by atoms with Gasteiger partial charge < -0.3 is 19.6 Å². The lowest BCUT2D eigenvalue weighted by molar-refractivity contribution is -0.150. The van der Waals surface area contributed by atoms with Crippen molar-refractivity contribution in [2.24, 2.45) is 5.41 Å². The van der Waals surface area contributed by atoms with Crippen molar-refractivity contribution in [3.63, 3.8) is 0 Å². The van der Waals surface area contributed by atoms with Gasteiger partial charge in [0, 0.05) is 12.6 Å². The largest absolute Gasteiger partial charge is 0.396 e. The molecule has 2 rings (SSSR count). The molecule has 2 fully saturated rings. The third-order valence-corrected chi connectivity index (χ3v) is 4.05. The summed E-state index contributed by atoms with van der Waals surface area (Å²) >= 11 is 0. The van der Waals surface area contributed by atoms with E-state index in [1.54, 1.807) is 0 Å². The second-order valence-corrected chi connectivity index (χ2v) is 5.60. The highest BCUT2D eigenvalue weighted by Gasteiger charge is 2.40. The normalized spacial score (nSPS) is 27.0. The smallest absolute Gasteiger partial charge is 0.0579 e. The van der Waals surface area contributed by atoms with Gasteiger partial charge in [0.15, 0.2) is 0 Å². The van der Waals surface area contributed by atoms with Crippen molar-refractivity contribution in [1.29, 1.82) is 0 Å². The van der Waals surface area contributed by atoms with E-state index in [0.29, 0.717) is 6.04 Å². The highest BCUT2D eigenvalue weighted by atomic mass is 16.5. The summed E-state index contributed by atoms with van der Waals surface area (Å²) in [6.07, 6.45) is 2.49. The Hall–Kier alpha value is -0.160. The molecule has 2 aliphatic heterocycles. The molecule has 1 N–H and O–H groups in total. The zero-order valence-corrected chi connectivity index (χ0v) is 10.5. The minimum absolute atomic E-state index is 0.0259. The van der Waals surface area contributed by atoms with Gasteiger partial charge in [0.1, 0.15) is 0 Å². The molecule has 0 unspecified atom stereocenters. The molecule has 2 heterocycles. The third kappa shape index (κ3) is 2.56. The first kappa shape index (κ1) is 12.3. The van der Waals surface area contributed by atoms with Crippen LogP contribution in [0.3, 0.4) is 0 Å². The summed E-state index contributed by atoms with van der Waals surface area (Å²) < 4.78 is 5.24. The van der Waals surface area contributed by atoms with Gasteiger partial charge in [-0.15, -0.1) is 0 Å². The molecule has 4 nitrogen and oxygen atoms in total. The van der Waals surface area contributed by atoms with E-state index in [1.807, 2.05) is 0 Å². The Kier molecular flexibility index (Phi) is 3.85. The Morgan fingerprint density at radius 2 is 2.00 bits per heavy atom. The number of aliphatic hydroxyl groups excluding tert-OH is 1. The molecular weight excluding hydrogens is 204 g/mol. The Labute approximate surface area is 98.2 Å². The molecule has 0 aliphatic carbocycles. The van der Waals surface area contributed by atoms with Crippen LogP contribution < -0.4 is 0 Å². The van der Waals surface area contributed by atoms with Crippen molar-refractivity contribution in [2.45, 2.75) is 18.9 Å². The van der Waals surface area contributed by atoms with Crippen LogP contribution in [0.2, 0.25) is 0 Å². The maximum absolute atomic E-state index is 9.41. The molecule has 0 radical (unpaired) electrons. The number of hydrogen-bond acceptors (Lipinski definition) is 4. The Balaban J connectivity index is 1.81. The topological polar surface area (TPSA) is 35.9 Å². The average Bonchev–Trinajstić information content (AvgIpc) is 2.24. The second kappa shape index (κ2) is 5.00. The molecule has 0 saturated carbocycles. The van der Waals surface area contributed by atoms with E-state index in [9.17, 15) is 5.11 Å². The second-order valence-electron chi connectivity index (χ2n) is 5.60. The Morgan fingerprint density at radius 3 is 2.44 bits per heavy atom. The fourth-order valence-electron chi connectivity index (χ4n) is 2.72. The van der Waals surface area contributed by atoms with Crippen molar-refractivity contribution in [3.8, 4) is 0 Å². The molecule has 16 heavy (non-hydrogen) atoms. The van der Waals surface area contributed by atoms with Crippen molar-refractivity contribution in [1.82, 2.24) is 9.80 Å². The highest BCUT2D eigenvalue weighted by Crippen LogP contribution is 2.29. The minimum atomic E-state index is 0.0259. The number of ether oxygens (including phenoxy) is 1. The number of piperidine rings is 1. The van der Waals surface area contributed by atoms with Gasteiger partial charge in [-0.05, 0) is 40.0 Å². The van der Waals surface area contributed by atoms with Gasteiger partial charge in [0.2, 0.25) is 0 Å². The summed E-state index contributed by atoms with van der Waals surface area (Å²) in [7, 11) is 4.37. The van der Waals surface area contributed by atoms with Gasteiger partial charge in [-0.25, -0.2) is 0 Å². The maximum atomic E-state index is 9.41. The Morgan fingerprint density at radius 1 is 1.38 bits per heavy atom. The first-order valence-electron chi connectivity index (χ1n) is 6.23. The molecular formula is C12H24N2O2. The fourth-order valence-corrected chi connectivity index (χ4v) is 2.72.